The van der Waals surface area contributed by atoms with Crippen LogP contribution in [-0.4, -0.2) is 48.8 Å². The van der Waals surface area contributed by atoms with Crippen LogP contribution in [0.1, 0.15) is 27.2 Å². The van der Waals surface area contributed by atoms with Gasteiger partial charge >= 0.3 is 0 Å². The van der Waals surface area contributed by atoms with Crippen molar-refractivity contribution < 1.29 is 8.42 Å². The van der Waals surface area contributed by atoms with Gasteiger partial charge in [0.05, 0.1) is 12.7 Å². The van der Waals surface area contributed by atoms with Gasteiger partial charge in [0, 0.05) is 24.5 Å². The first-order valence-electron chi connectivity index (χ1n) is 7.32. The van der Waals surface area contributed by atoms with Crippen molar-refractivity contribution in [2.24, 2.45) is 0 Å². The number of nitrogens with one attached hydrogen (secondary N) is 2. The molecule has 1 aromatic rings. The zero-order valence-corrected chi connectivity index (χ0v) is 14.6. The summed E-state index contributed by atoms with van der Waals surface area (Å²) in [5.41, 5.74) is 0. The molecule has 0 amide bonds. The van der Waals surface area contributed by atoms with Crippen LogP contribution in [0.2, 0.25) is 0 Å². The Hall–Kier alpha value is -0.570. The van der Waals surface area contributed by atoms with Crippen molar-refractivity contribution in [3.8, 4) is 0 Å². The molecule has 0 radical (unpaired) electrons. The molecule has 8 heteroatoms. The molecule has 0 saturated heterocycles. The molecule has 0 saturated carbocycles. The Balaban J connectivity index is 2.53. The van der Waals surface area contributed by atoms with Crippen LogP contribution in [0.15, 0.2) is 17.3 Å². The average Bonchev–Trinajstić information content (AvgIpc) is 2.90. The minimum Gasteiger partial charge on any atom is -0.315 e. The molecule has 1 rings (SSSR count). The summed E-state index contributed by atoms with van der Waals surface area (Å²) in [6, 6.07) is -0.0884. The summed E-state index contributed by atoms with van der Waals surface area (Å²) in [7, 11) is -3.47. The fourth-order valence-electron chi connectivity index (χ4n) is 1.76. The van der Waals surface area contributed by atoms with Crippen LogP contribution in [0.4, 0.5) is 0 Å². The van der Waals surface area contributed by atoms with E-state index in [1.54, 1.807) is 22.6 Å². The second-order valence-electron chi connectivity index (χ2n) is 4.87. The first kappa shape index (κ1) is 18.5. The molecule has 0 aromatic carbocycles. The highest BCUT2D eigenvalue weighted by molar-refractivity contribution is 7.99. The highest BCUT2D eigenvalue weighted by Gasteiger charge is 2.19. The maximum Gasteiger partial charge on any atom is 0.243 e. The van der Waals surface area contributed by atoms with Gasteiger partial charge in [-0.3, -0.25) is 4.68 Å². The summed E-state index contributed by atoms with van der Waals surface area (Å²) in [6.07, 6.45) is 4.06. The topological polar surface area (TPSA) is 76.0 Å². The summed E-state index contributed by atoms with van der Waals surface area (Å²) < 4.78 is 28.7. The van der Waals surface area contributed by atoms with Gasteiger partial charge in [-0.2, -0.15) is 16.9 Å². The van der Waals surface area contributed by atoms with Crippen molar-refractivity contribution >= 4 is 21.8 Å². The van der Waals surface area contributed by atoms with E-state index in [0.29, 0.717) is 6.54 Å². The fraction of sp³-hybridized carbons (Fsp3) is 0.769. The van der Waals surface area contributed by atoms with Gasteiger partial charge in [0.2, 0.25) is 10.0 Å². The summed E-state index contributed by atoms with van der Waals surface area (Å²) >= 11 is 1.72. The van der Waals surface area contributed by atoms with Crippen LogP contribution < -0.4 is 10.0 Å². The van der Waals surface area contributed by atoms with E-state index in [9.17, 15) is 8.42 Å². The maximum absolute atomic E-state index is 12.2. The number of sulfonamides is 1. The third-order valence-electron chi connectivity index (χ3n) is 2.79. The van der Waals surface area contributed by atoms with E-state index in [0.717, 1.165) is 31.0 Å². The number of hydrogen-bond donors (Lipinski definition) is 2. The van der Waals surface area contributed by atoms with E-state index < -0.39 is 10.0 Å². The number of rotatable bonds is 11. The molecule has 1 aromatic heterocycles. The molecule has 0 aliphatic heterocycles. The van der Waals surface area contributed by atoms with E-state index in [4.69, 9.17) is 0 Å². The Morgan fingerprint density at radius 2 is 2.14 bits per heavy atom. The van der Waals surface area contributed by atoms with E-state index in [-0.39, 0.29) is 10.9 Å². The number of aromatic nitrogens is 2. The summed E-state index contributed by atoms with van der Waals surface area (Å²) in [5.74, 6) is 1.75. The van der Waals surface area contributed by atoms with Gasteiger partial charge in [-0.15, -0.1) is 0 Å². The molecule has 0 fully saturated rings. The smallest absolute Gasteiger partial charge is 0.243 e. The number of thioether (sulfide) groups is 1. The summed E-state index contributed by atoms with van der Waals surface area (Å²) in [6.45, 7) is 8.44. The van der Waals surface area contributed by atoms with Crippen molar-refractivity contribution in [3.63, 3.8) is 0 Å². The van der Waals surface area contributed by atoms with Crippen LogP contribution in [0.25, 0.3) is 0 Å². The van der Waals surface area contributed by atoms with Crippen LogP contribution in [0, 0.1) is 0 Å². The Kier molecular flexibility index (Phi) is 8.31. The van der Waals surface area contributed by atoms with E-state index in [2.05, 4.69) is 29.0 Å². The normalized spacial score (nSPS) is 13.5. The predicted octanol–water partition coefficient (Wildman–Crippen LogP) is 1.30. The lowest BCUT2D eigenvalue weighted by Gasteiger charge is -2.12. The van der Waals surface area contributed by atoms with E-state index in [1.165, 1.54) is 6.20 Å². The SMILES string of the molecule is CCCNCCn1cc(S(=O)(=O)NC(C)CSCC)cn1. The molecule has 0 spiro atoms. The van der Waals surface area contributed by atoms with Crippen molar-refractivity contribution in [3.05, 3.63) is 12.4 Å². The molecule has 0 aliphatic rings. The van der Waals surface area contributed by atoms with Gasteiger partial charge in [0.1, 0.15) is 4.90 Å². The summed E-state index contributed by atoms with van der Waals surface area (Å²) in [4.78, 5) is 0.228. The second-order valence-corrected chi connectivity index (χ2v) is 7.90. The van der Waals surface area contributed by atoms with Crippen molar-refractivity contribution in [1.29, 1.82) is 0 Å². The van der Waals surface area contributed by atoms with Gasteiger partial charge in [0.15, 0.2) is 0 Å². The van der Waals surface area contributed by atoms with E-state index >= 15 is 0 Å². The Bertz CT molecular complexity index is 502. The third kappa shape index (κ3) is 6.82. The molecular formula is C13H26N4O2S2. The molecule has 1 atom stereocenters. The Morgan fingerprint density at radius 1 is 1.38 bits per heavy atom. The Morgan fingerprint density at radius 3 is 2.81 bits per heavy atom. The average molecular weight is 335 g/mol. The number of hydrogen-bond acceptors (Lipinski definition) is 5. The Labute approximate surface area is 132 Å². The first-order chi connectivity index (χ1) is 9.99. The third-order valence-corrected chi connectivity index (χ3v) is 5.48. The maximum atomic E-state index is 12.2. The molecule has 21 heavy (non-hydrogen) atoms. The van der Waals surface area contributed by atoms with Gasteiger partial charge in [-0.25, -0.2) is 13.1 Å². The van der Waals surface area contributed by atoms with Crippen molar-refractivity contribution in [2.75, 3.05) is 24.6 Å². The van der Waals surface area contributed by atoms with Crippen LogP contribution >= 0.6 is 11.8 Å². The largest absolute Gasteiger partial charge is 0.315 e. The lowest BCUT2D eigenvalue weighted by Crippen LogP contribution is -2.34. The van der Waals surface area contributed by atoms with Crippen LogP contribution in [-0.2, 0) is 16.6 Å². The molecule has 1 unspecified atom stereocenters. The number of nitrogens with zero attached hydrogens (tertiary/aromatic N) is 2. The lowest BCUT2D eigenvalue weighted by molar-refractivity contribution is 0.551. The van der Waals surface area contributed by atoms with Gasteiger partial charge in [-0.1, -0.05) is 13.8 Å². The minimum absolute atomic E-state index is 0.0884. The molecule has 2 N–H and O–H groups in total. The quantitative estimate of drug-likeness (QED) is 0.597. The van der Waals surface area contributed by atoms with Gasteiger partial charge in [0.25, 0.3) is 0 Å². The standard InChI is InChI=1S/C13H26N4O2S2/c1-4-6-14-7-8-17-10-13(9-15-17)21(18,19)16-12(3)11-20-5-2/h9-10,12,14,16H,4-8,11H2,1-3H3. The lowest BCUT2D eigenvalue weighted by atomic mass is 10.4. The molecule has 122 valence electrons. The molecule has 0 aliphatic carbocycles. The highest BCUT2D eigenvalue weighted by Crippen LogP contribution is 2.09. The minimum atomic E-state index is -3.47. The molecule has 1 heterocycles. The van der Waals surface area contributed by atoms with Crippen LogP contribution in [0.3, 0.4) is 0 Å². The van der Waals surface area contributed by atoms with Crippen molar-refractivity contribution in [1.82, 2.24) is 19.8 Å². The van der Waals surface area contributed by atoms with E-state index in [1.807, 2.05) is 6.92 Å². The first-order valence-corrected chi connectivity index (χ1v) is 9.96. The second kappa shape index (κ2) is 9.45. The van der Waals surface area contributed by atoms with Crippen molar-refractivity contribution in [2.45, 2.75) is 44.7 Å². The molecule has 6 nitrogen and oxygen atoms in total. The fourth-order valence-corrected chi connectivity index (χ4v) is 3.74. The monoisotopic (exact) mass is 334 g/mol. The molecule has 0 bridgehead atoms. The zero-order valence-electron chi connectivity index (χ0n) is 13.0. The zero-order chi connectivity index (χ0) is 15.7. The summed E-state index contributed by atoms with van der Waals surface area (Å²) in [5, 5.41) is 7.36. The van der Waals surface area contributed by atoms with Gasteiger partial charge < -0.3 is 5.32 Å². The van der Waals surface area contributed by atoms with Crippen LogP contribution in [0.5, 0.6) is 0 Å². The molecular weight excluding hydrogens is 308 g/mol. The predicted molar refractivity (Wildman–Crippen MR) is 88.2 cm³/mol. The highest BCUT2D eigenvalue weighted by atomic mass is 32.2. The van der Waals surface area contributed by atoms with Gasteiger partial charge in [-0.05, 0) is 25.6 Å².